The average molecular weight is 664 g/mol. The van der Waals surface area contributed by atoms with E-state index in [0.717, 1.165) is 53.2 Å². The van der Waals surface area contributed by atoms with Gasteiger partial charge in [0.2, 0.25) is 0 Å². The van der Waals surface area contributed by atoms with Crippen molar-refractivity contribution in [1.29, 1.82) is 0 Å². The van der Waals surface area contributed by atoms with Gasteiger partial charge in [0, 0.05) is 23.1 Å². The highest BCUT2D eigenvalue weighted by molar-refractivity contribution is 7.80. The Bertz CT molecular complexity index is 1870. The number of nitrogens with zero attached hydrogens (tertiary/aromatic N) is 5. The van der Waals surface area contributed by atoms with Gasteiger partial charge in [0.25, 0.3) is 0 Å². The van der Waals surface area contributed by atoms with E-state index >= 15 is 0 Å². The van der Waals surface area contributed by atoms with E-state index in [1.54, 1.807) is 17.7 Å². The number of unbranched alkanes of at least 4 members (excludes halogenated alkanes) is 2. The molecule has 5 rings (SSSR count). The lowest BCUT2D eigenvalue weighted by Crippen LogP contribution is -2.18. The van der Waals surface area contributed by atoms with Gasteiger partial charge in [0.05, 0.1) is 11.4 Å². The van der Waals surface area contributed by atoms with Gasteiger partial charge in [-0.15, -0.1) is 29.6 Å². The Labute approximate surface area is 276 Å². The molecule has 0 aliphatic carbocycles. The fourth-order valence-corrected chi connectivity index (χ4v) is 6.41. The summed E-state index contributed by atoms with van der Waals surface area (Å²) < 4.78 is 45.0. The Hall–Kier alpha value is -4.09. The summed E-state index contributed by atoms with van der Waals surface area (Å²) in [6, 6.07) is 20.2. The molecule has 240 valence electrons. The van der Waals surface area contributed by atoms with Gasteiger partial charge in [-0.1, -0.05) is 62.8 Å². The summed E-state index contributed by atoms with van der Waals surface area (Å²) in [4.78, 5) is 10.9. The zero-order chi connectivity index (χ0) is 32.8. The van der Waals surface area contributed by atoms with Crippen LogP contribution < -0.4 is 9.54 Å². The Morgan fingerprint density at radius 3 is 2.52 bits per heavy atom. The lowest BCUT2D eigenvalue weighted by Gasteiger charge is -2.16. The fraction of sp³-hybridized carbons (Fsp3) is 0.314. The molecular formula is C35H36F3N5OS2. The highest BCUT2D eigenvalue weighted by atomic mass is 32.1. The van der Waals surface area contributed by atoms with E-state index in [2.05, 4.69) is 82.8 Å². The van der Waals surface area contributed by atoms with Crippen LogP contribution in [0.15, 0.2) is 83.4 Å². The molecular weight excluding hydrogens is 628 g/mol. The van der Waals surface area contributed by atoms with E-state index in [4.69, 9.17) is 17.2 Å². The zero-order valence-corrected chi connectivity index (χ0v) is 27.8. The summed E-state index contributed by atoms with van der Waals surface area (Å²) in [5.74, 6) is 0.647. The van der Waals surface area contributed by atoms with Crippen LogP contribution in [0.25, 0.3) is 22.8 Å². The van der Waals surface area contributed by atoms with Crippen LogP contribution >= 0.6 is 23.6 Å². The average Bonchev–Trinajstić information content (AvgIpc) is 3.63. The van der Waals surface area contributed by atoms with Crippen molar-refractivity contribution < 1.29 is 17.9 Å². The highest BCUT2D eigenvalue weighted by Crippen LogP contribution is 2.26. The first-order chi connectivity index (χ1) is 22.0. The van der Waals surface area contributed by atoms with Crippen LogP contribution in [0.3, 0.4) is 0 Å². The minimum Gasteiger partial charge on any atom is -0.406 e. The maximum absolute atomic E-state index is 12.5. The molecule has 0 fully saturated rings. The molecule has 0 amide bonds. The van der Waals surface area contributed by atoms with E-state index in [0.29, 0.717) is 17.4 Å². The number of ether oxygens (including phenoxy) is 1. The maximum Gasteiger partial charge on any atom is 0.573 e. The van der Waals surface area contributed by atoms with Gasteiger partial charge < -0.3 is 4.74 Å². The van der Waals surface area contributed by atoms with Crippen LogP contribution in [0.1, 0.15) is 67.8 Å². The number of benzene rings is 3. The van der Waals surface area contributed by atoms with Gasteiger partial charge in [0.15, 0.2) is 10.6 Å². The Morgan fingerprint density at radius 1 is 1.00 bits per heavy atom. The molecule has 3 aromatic carbocycles. The Balaban J connectivity index is 1.15. The van der Waals surface area contributed by atoms with Crippen LogP contribution in [0.5, 0.6) is 5.75 Å². The highest BCUT2D eigenvalue weighted by Gasteiger charge is 2.31. The second-order valence-electron chi connectivity index (χ2n) is 11.5. The molecule has 5 aromatic rings. The van der Waals surface area contributed by atoms with Crippen molar-refractivity contribution in [2.24, 2.45) is 4.99 Å². The first-order valence-electron chi connectivity index (χ1n) is 15.2. The lowest BCUT2D eigenvalue weighted by molar-refractivity contribution is -0.274. The minimum absolute atomic E-state index is 0.287. The molecule has 0 aliphatic rings. The maximum atomic E-state index is 12.5. The van der Waals surface area contributed by atoms with E-state index in [1.807, 2.05) is 12.1 Å². The van der Waals surface area contributed by atoms with Crippen molar-refractivity contribution >= 4 is 28.5 Å². The van der Waals surface area contributed by atoms with Gasteiger partial charge in [-0.2, -0.15) is 0 Å². The van der Waals surface area contributed by atoms with E-state index in [-0.39, 0.29) is 5.75 Å². The van der Waals surface area contributed by atoms with Crippen molar-refractivity contribution in [3.8, 4) is 28.5 Å². The number of alkyl halides is 3. The molecule has 0 N–H and O–H groups in total. The minimum atomic E-state index is -4.73. The second kappa shape index (κ2) is 14.6. The third-order valence-electron chi connectivity index (χ3n) is 7.52. The molecule has 0 radical (unpaired) electrons. The largest absolute Gasteiger partial charge is 0.573 e. The van der Waals surface area contributed by atoms with E-state index in [1.165, 1.54) is 51.3 Å². The van der Waals surface area contributed by atoms with Crippen LogP contribution in [0, 0.1) is 13.8 Å². The molecule has 11 heteroatoms. The number of thiocarbonyl (C=S) groups is 1. The quantitative estimate of drug-likeness (QED) is 0.104. The smallest absolute Gasteiger partial charge is 0.406 e. The van der Waals surface area contributed by atoms with E-state index in [9.17, 15) is 13.2 Å². The van der Waals surface area contributed by atoms with Gasteiger partial charge in [-0.05, 0) is 92.1 Å². The summed E-state index contributed by atoms with van der Waals surface area (Å²) in [6.07, 6.45) is 1.49. The molecule has 0 atom stereocenters. The number of aromatic nitrogens is 4. The molecule has 0 bridgehead atoms. The SMILES string of the molecule is Cc1ccc(C(C)C)c(-n2c(C)csc2=NC(=S)CCCCCc2cccc(-c3ncn(-c4ccc(OC(F)(F)F)cc4)n3)c2)c1. The lowest BCUT2D eigenvalue weighted by atomic mass is 9.99. The van der Waals surface area contributed by atoms with Crippen molar-refractivity contribution in [2.75, 3.05) is 0 Å². The second-order valence-corrected chi connectivity index (χ2v) is 12.8. The summed E-state index contributed by atoms with van der Waals surface area (Å²) in [5, 5.41) is 6.66. The normalized spacial score (nSPS) is 12.2. The first-order valence-corrected chi connectivity index (χ1v) is 16.5. The molecule has 0 unspecified atom stereocenters. The predicted molar refractivity (Wildman–Crippen MR) is 181 cm³/mol. The standard InChI is InChI=1S/C35H36F3N5OS2/c1-23(2)30-18-13-24(3)19-31(30)43-25(4)21-46-34(43)40-32(45)12-7-5-6-9-26-10-8-11-27(20-26)33-39-22-42(41-33)28-14-16-29(17-15-28)44-35(36,37)38/h8,10-11,13-23H,5-7,9,12H2,1-4H3. The summed E-state index contributed by atoms with van der Waals surface area (Å²) in [7, 11) is 0. The van der Waals surface area contributed by atoms with Gasteiger partial charge >= 0.3 is 6.36 Å². The van der Waals surface area contributed by atoms with E-state index < -0.39 is 6.36 Å². The number of hydrogen-bond acceptors (Lipinski definition) is 5. The van der Waals surface area contributed by atoms with Gasteiger partial charge in [-0.25, -0.2) is 14.7 Å². The van der Waals surface area contributed by atoms with Crippen molar-refractivity contribution in [2.45, 2.75) is 72.1 Å². The van der Waals surface area contributed by atoms with Gasteiger partial charge in [0.1, 0.15) is 17.1 Å². The number of halogens is 3. The molecule has 0 spiro atoms. The molecule has 0 aliphatic heterocycles. The summed E-state index contributed by atoms with van der Waals surface area (Å²) in [5.41, 5.74) is 7.47. The Kier molecular flexibility index (Phi) is 10.5. The number of aryl methyl sites for hydroxylation is 3. The molecule has 2 aromatic heterocycles. The van der Waals surface area contributed by atoms with Crippen LogP contribution in [-0.2, 0) is 6.42 Å². The predicted octanol–water partition coefficient (Wildman–Crippen LogP) is 9.46. The van der Waals surface area contributed by atoms with Gasteiger partial charge in [-0.3, -0.25) is 4.57 Å². The van der Waals surface area contributed by atoms with Crippen molar-refractivity contribution in [1.82, 2.24) is 19.3 Å². The van der Waals surface area contributed by atoms with Crippen LogP contribution in [0.2, 0.25) is 0 Å². The zero-order valence-electron chi connectivity index (χ0n) is 26.2. The molecule has 2 heterocycles. The van der Waals surface area contributed by atoms with Crippen LogP contribution in [0.4, 0.5) is 13.2 Å². The monoisotopic (exact) mass is 663 g/mol. The van der Waals surface area contributed by atoms with Crippen molar-refractivity contribution in [3.63, 3.8) is 0 Å². The third-order valence-corrected chi connectivity index (χ3v) is 8.76. The third kappa shape index (κ3) is 8.58. The summed E-state index contributed by atoms with van der Waals surface area (Å²) >= 11 is 7.33. The molecule has 0 saturated carbocycles. The number of hydrogen-bond donors (Lipinski definition) is 0. The first kappa shape index (κ1) is 33.3. The number of thiazole rings is 1. The van der Waals surface area contributed by atoms with Crippen molar-refractivity contribution in [3.05, 3.63) is 106 Å². The number of rotatable bonds is 11. The fourth-order valence-electron chi connectivity index (χ4n) is 5.23. The topological polar surface area (TPSA) is 57.2 Å². The molecule has 0 saturated heterocycles. The van der Waals surface area contributed by atoms with Crippen LogP contribution in [-0.4, -0.2) is 30.7 Å². The molecule has 6 nitrogen and oxygen atoms in total. The molecule has 46 heavy (non-hydrogen) atoms. The Morgan fingerprint density at radius 2 is 1.78 bits per heavy atom. The summed E-state index contributed by atoms with van der Waals surface area (Å²) in [6.45, 7) is 8.65.